The van der Waals surface area contributed by atoms with Crippen molar-refractivity contribution in [3.63, 3.8) is 0 Å². The summed E-state index contributed by atoms with van der Waals surface area (Å²) < 4.78 is 0. The third kappa shape index (κ3) is 3.45. The molecule has 0 fully saturated rings. The maximum absolute atomic E-state index is 8.80. The lowest BCUT2D eigenvalue weighted by atomic mass is 10.2. The number of rotatable bonds is 5. The zero-order valence-electron chi connectivity index (χ0n) is 11.5. The number of nitrogens with two attached hydrogens (primary N) is 1. The Morgan fingerprint density at radius 3 is 2.85 bits per heavy atom. The first-order valence-electron chi connectivity index (χ1n) is 6.44. The zero-order valence-corrected chi connectivity index (χ0v) is 11.5. The van der Waals surface area contributed by atoms with Gasteiger partial charge in [0.2, 0.25) is 0 Å². The van der Waals surface area contributed by atoms with Crippen molar-refractivity contribution in [2.45, 2.75) is 19.9 Å². The van der Waals surface area contributed by atoms with Crippen LogP contribution in [0.5, 0.6) is 0 Å². The van der Waals surface area contributed by atoms with Gasteiger partial charge in [0.1, 0.15) is 5.82 Å². The lowest BCUT2D eigenvalue weighted by molar-refractivity contribution is 0.778. The average molecular weight is 267 g/mol. The summed E-state index contributed by atoms with van der Waals surface area (Å²) in [5.74, 6) is 0.829. The molecule has 0 unspecified atom stereocenters. The van der Waals surface area contributed by atoms with Crippen LogP contribution >= 0.6 is 0 Å². The highest BCUT2D eigenvalue weighted by Gasteiger charge is 2.10. The zero-order chi connectivity index (χ0) is 14.4. The minimum absolute atomic E-state index is 0.450. The first-order valence-corrected chi connectivity index (χ1v) is 6.44. The van der Waals surface area contributed by atoms with Crippen molar-refractivity contribution in [3.8, 4) is 6.07 Å². The van der Waals surface area contributed by atoms with Gasteiger partial charge in [0.05, 0.1) is 23.9 Å². The summed E-state index contributed by atoms with van der Waals surface area (Å²) >= 11 is 0. The van der Waals surface area contributed by atoms with Gasteiger partial charge in [0, 0.05) is 25.5 Å². The summed E-state index contributed by atoms with van der Waals surface area (Å²) in [4.78, 5) is 10.7. The Morgan fingerprint density at radius 2 is 2.20 bits per heavy atom. The number of hydrogen-bond acceptors (Lipinski definition) is 5. The van der Waals surface area contributed by atoms with Crippen molar-refractivity contribution in [1.82, 2.24) is 9.97 Å². The molecule has 0 saturated carbocycles. The Morgan fingerprint density at radius 1 is 1.35 bits per heavy atom. The summed E-state index contributed by atoms with van der Waals surface area (Å²) in [7, 11) is 0. The van der Waals surface area contributed by atoms with E-state index >= 15 is 0 Å². The predicted octanol–water partition coefficient (Wildman–Crippen LogP) is 2.29. The van der Waals surface area contributed by atoms with Gasteiger partial charge in [-0.2, -0.15) is 5.26 Å². The molecule has 5 heteroatoms. The molecule has 0 bridgehead atoms. The molecule has 0 spiro atoms. The van der Waals surface area contributed by atoms with E-state index in [1.807, 2.05) is 37.4 Å². The maximum atomic E-state index is 8.80. The minimum Gasteiger partial charge on any atom is -0.397 e. The van der Waals surface area contributed by atoms with Gasteiger partial charge >= 0.3 is 0 Å². The van der Waals surface area contributed by atoms with Crippen LogP contribution in [-0.4, -0.2) is 16.5 Å². The smallest absolute Gasteiger partial charge is 0.129 e. The minimum atomic E-state index is 0.450. The van der Waals surface area contributed by atoms with Gasteiger partial charge in [-0.1, -0.05) is 6.07 Å². The molecule has 0 amide bonds. The molecule has 2 N–H and O–H groups in total. The summed E-state index contributed by atoms with van der Waals surface area (Å²) in [6, 6.07) is 9.82. The van der Waals surface area contributed by atoms with E-state index in [0.717, 1.165) is 17.1 Å². The Bertz CT molecular complexity index is 603. The largest absolute Gasteiger partial charge is 0.397 e. The van der Waals surface area contributed by atoms with E-state index in [4.69, 9.17) is 11.0 Å². The van der Waals surface area contributed by atoms with Crippen LogP contribution in [-0.2, 0) is 6.54 Å². The van der Waals surface area contributed by atoms with Crippen molar-refractivity contribution >= 4 is 11.5 Å². The predicted molar refractivity (Wildman–Crippen MR) is 78.9 cm³/mol. The molecule has 0 saturated heterocycles. The second-order valence-corrected chi connectivity index (χ2v) is 4.54. The molecule has 0 aromatic carbocycles. The fourth-order valence-electron chi connectivity index (χ4n) is 1.91. The van der Waals surface area contributed by atoms with Gasteiger partial charge in [-0.3, -0.25) is 4.98 Å². The van der Waals surface area contributed by atoms with Crippen LogP contribution in [0.25, 0.3) is 0 Å². The highest BCUT2D eigenvalue weighted by atomic mass is 15.2. The van der Waals surface area contributed by atoms with Crippen molar-refractivity contribution in [2.24, 2.45) is 0 Å². The van der Waals surface area contributed by atoms with Crippen molar-refractivity contribution in [1.29, 1.82) is 5.26 Å². The van der Waals surface area contributed by atoms with Crippen LogP contribution < -0.4 is 10.6 Å². The molecule has 5 nitrogen and oxygen atoms in total. The quantitative estimate of drug-likeness (QED) is 0.899. The molecule has 0 aliphatic heterocycles. The van der Waals surface area contributed by atoms with E-state index < -0.39 is 0 Å². The van der Waals surface area contributed by atoms with Gasteiger partial charge in [-0.15, -0.1) is 0 Å². The number of hydrogen-bond donors (Lipinski definition) is 1. The normalized spacial score (nSPS) is 10.0. The summed E-state index contributed by atoms with van der Waals surface area (Å²) in [6.07, 6.45) is 4.02. The number of aromatic nitrogens is 2. The van der Waals surface area contributed by atoms with Crippen LogP contribution in [0.2, 0.25) is 0 Å². The fourth-order valence-corrected chi connectivity index (χ4v) is 1.91. The van der Waals surface area contributed by atoms with Gasteiger partial charge < -0.3 is 10.6 Å². The summed E-state index contributed by atoms with van der Waals surface area (Å²) in [6.45, 7) is 3.18. The van der Waals surface area contributed by atoms with E-state index in [0.29, 0.717) is 25.2 Å². The lowest BCUT2D eigenvalue weighted by Crippen LogP contribution is -2.25. The fraction of sp³-hybridized carbons (Fsp3) is 0.267. The van der Waals surface area contributed by atoms with E-state index in [1.54, 1.807) is 6.20 Å². The summed E-state index contributed by atoms with van der Waals surface area (Å²) in [5.41, 5.74) is 8.36. The number of pyridine rings is 2. The molecule has 102 valence electrons. The molecular weight excluding hydrogens is 250 g/mol. The first kappa shape index (κ1) is 13.8. The van der Waals surface area contributed by atoms with Crippen molar-refractivity contribution < 1.29 is 0 Å². The lowest BCUT2D eigenvalue weighted by Gasteiger charge is -2.23. The topological polar surface area (TPSA) is 78.8 Å². The molecule has 2 rings (SSSR count). The van der Waals surface area contributed by atoms with E-state index in [1.165, 1.54) is 0 Å². The van der Waals surface area contributed by atoms with Gasteiger partial charge in [0.25, 0.3) is 0 Å². The SMILES string of the molecule is Cc1nc(N(CCC#N)Cc2cccnc2)ccc1N. The molecule has 0 radical (unpaired) electrons. The third-order valence-corrected chi connectivity index (χ3v) is 3.03. The first-order chi connectivity index (χ1) is 9.70. The van der Waals surface area contributed by atoms with E-state index in [-0.39, 0.29) is 0 Å². The van der Waals surface area contributed by atoms with E-state index in [2.05, 4.69) is 20.9 Å². The standard InChI is InChI=1S/C15H17N5/c1-12-14(17)5-6-15(19-12)20(9-3-7-16)11-13-4-2-8-18-10-13/h2,4-6,8,10H,3,9,11,17H2,1H3. The number of nitrogen functional groups attached to an aromatic ring is 1. The average Bonchev–Trinajstić information content (AvgIpc) is 2.47. The number of anilines is 2. The van der Waals surface area contributed by atoms with Gasteiger partial charge in [-0.25, -0.2) is 4.98 Å². The molecule has 0 aliphatic rings. The number of nitriles is 1. The molecular formula is C15H17N5. The van der Waals surface area contributed by atoms with E-state index in [9.17, 15) is 0 Å². The highest BCUT2D eigenvalue weighted by Crippen LogP contribution is 2.18. The highest BCUT2D eigenvalue weighted by molar-refractivity contribution is 5.50. The second-order valence-electron chi connectivity index (χ2n) is 4.54. The molecule has 2 heterocycles. The maximum Gasteiger partial charge on any atom is 0.129 e. The molecule has 0 aliphatic carbocycles. The molecule has 0 atom stereocenters. The van der Waals surface area contributed by atoms with Crippen LogP contribution in [0.1, 0.15) is 17.7 Å². The molecule has 2 aromatic heterocycles. The van der Waals surface area contributed by atoms with Gasteiger partial charge in [0.15, 0.2) is 0 Å². The Kier molecular flexibility index (Phi) is 4.51. The van der Waals surface area contributed by atoms with Crippen molar-refractivity contribution in [2.75, 3.05) is 17.2 Å². The number of nitrogens with zero attached hydrogens (tertiary/aromatic N) is 4. The third-order valence-electron chi connectivity index (χ3n) is 3.03. The van der Waals surface area contributed by atoms with Crippen LogP contribution in [0.15, 0.2) is 36.7 Å². The molecule has 2 aromatic rings. The van der Waals surface area contributed by atoms with Crippen LogP contribution in [0.4, 0.5) is 11.5 Å². The summed E-state index contributed by atoms with van der Waals surface area (Å²) in [5, 5.41) is 8.80. The second kappa shape index (κ2) is 6.53. The Labute approximate surface area is 118 Å². The number of aryl methyl sites for hydroxylation is 1. The van der Waals surface area contributed by atoms with Crippen molar-refractivity contribution in [3.05, 3.63) is 47.9 Å². The monoisotopic (exact) mass is 267 g/mol. The molecule has 20 heavy (non-hydrogen) atoms. The Balaban J connectivity index is 2.22. The van der Waals surface area contributed by atoms with Crippen LogP contribution in [0, 0.1) is 18.3 Å². The van der Waals surface area contributed by atoms with Gasteiger partial charge in [-0.05, 0) is 30.7 Å². The Hall–Kier alpha value is -2.61. The van der Waals surface area contributed by atoms with Crippen LogP contribution in [0.3, 0.4) is 0 Å².